The third-order valence-electron chi connectivity index (χ3n) is 4.99. The Morgan fingerprint density at radius 3 is 2.91 bits per heavy atom. The Labute approximate surface area is 127 Å². The average molecular weight is 298 g/mol. The molecule has 2 aliphatic rings. The van der Waals surface area contributed by atoms with Crippen LogP contribution in [0.5, 0.6) is 0 Å². The Morgan fingerprint density at radius 1 is 1.27 bits per heavy atom. The number of nitrogens with zero attached hydrogens (tertiary/aromatic N) is 1. The SMILES string of the molecule is O=C(Nc1cc(C2CC3CCC2C3)[nH]n1)c1cc(=O)cc[nH]1. The highest BCUT2D eigenvalue weighted by molar-refractivity contribution is 6.02. The Balaban J connectivity index is 1.48. The minimum absolute atomic E-state index is 0.200. The monoisotopic (exact) mass is 298 g/mol. The number of pyridine rings is 1. The molecular formula is C16H18N4O2. The first kappa shape index (κ1) is 13.3. The number of nitrogens with one attached hydrogen (secondary N) is 3. The first-order valence-corrected chi connectivity index (χ1v) is 7.74. The Morgan fingerprint density at radius 2 is 2.18 bits per heavy atom. The molecule has 2 aromatic rings. The van der Waals surface area contributed by atoms with Crippen molar-refractivity contribution < 1.29 is 4.79 Å². The number of hydrogen-bond donors (Lipinski definition) is 3. The lowest BCUT2D eigenvalue weighted by Crippen LogP contribution is -2.16. The molecule has 2 heterocycles. The summed E-state index contributed by atoms with van der Waals surface area (Å²) in [4.78, 5) is 26.1. The summed E-state index contributed by atoms with van der Waals surface area (Å²) in [5.74, 6) is 2.33. The van der Waals surface area contributed by atoms with E-state index in [9.17, 15) is 9.59 Å². The van der Waals surface area contributed by atoms with Crippen molar-refractivity contribution in [2.75, 3.05) is 5.32 Å². The molecule has 2 fully saturated rings. The third-order valence-corrected chi connectivity index (χ3v) is 4.99. The van der Waals surface area contributed by atoms with E-state index in [1.165, 1.54) is 44.0 Å². The molecule has 114 valence electrons. The van der Waals surface area contributed by atoms with Crippen LogP contribution in [0.1, 0.15) is 47.8 Å². The Hall–Kier alpha value is -2.37. The Kier molecular flexibility index (Phi) is 3.10. The molecule has 0 spiro atoms. The quantitative estimate of drug-likeness (QED) is 0.811. The van der Waals surface area contributed by atoms with Gasteiger partial charge in [0.15, 0.2) is 11.2 Å². The molecule has 0 saturated heterocycles. The number of carbonyl (C=O) groups is 1. The number of rotatable bonds is 3. The van der Waals surface area contributed by atoms with Crippen molar-refractivity contribution in [2.45, 2.75) is 31.6 Å². The van der Waals surface area contributed by atoms with Crippen molar-refractivity contribution in [2.24, 2.45) is 11.8 Å². The van der Waals surface area contributed by atoms with Gasteiger partial charge in [0.2, 0.25) is 0 Å². The van der Waals surface area contributed by atoms with Gasteiger partial charge < -0.3 is 10.3 Å². The van der Waals surface area contributed by atoms with E-state index in [0.717, 1.165) is 17.5 Å². The number of carbonyl (C=O) groups excluding carboxylic acids is 1. The second-order valence-corrected chi connectivity index (χ2v) is 6.38. The van der Waals surface area contributed by atoms with Crippen LogP contribution in [0.3, 0.4) is 0 Å². The van der Waals surface area contributed by atoms with E-state index in [1.54, 1.807) is 0 Å². The number of aromatic amines is 2. The molecule has 6 nitrogen and oxygen atoms in total. The first-order valence-electron chi connectivity index (χ1n) is 7.74. The van der Waals surface area contributed by atoms with E-state index >= 15 is 0 Å². The number of aromatic nitrogens is 3. The van der Waals surface area contributed by atoms with Crippen LogP contribution in [0.25, 0.3) is 0 Å². The molecule has 2 aliphatic carbocycles. The van der Waals surface area contributed by atoms with Crippen LogP contribution < -0.4 is 10.7 Å². The van der Waals surface area contributed by atoms with Gasteiger partial charge >= 0.3 is 0 Å². The summed E-state index contributed by atoms with van der Waals surface area (Å²) in [5, 5.41) is 9.97. The molecule has 2 bridgehead atoms. The third kappa shape index (κ3) is 2.34. The van der Waals surface area contributed by atoms with E-state index in [0.29, 0.717) is 11.7 Å². The fourth-order valence-electron chi connectivity index (χ4n) is 3.98. The topological polar surface area (TPSA) is 90.6 Å². The summed E-state index contributed by atoms with van der Waals surface area (Å²) in [6.07, 6.45) is 6.69. The Bertz CT molecular complexity index is 763. The molecule has 4 rings (SSSR count). The number of H-pyrrole nitrogens is 2. The van der Waals surface area contributed by atoms with E-state index in [1.807, 2.05) is 6.07 Å². The second-order valence-electron chi connectivity index (χ2n) is 6.38. The smallest absolute Gasteiger partial charge is 0.273 e. The normalized spacial score (nSPS) is 26.3. The summed E-state index contributed by atoms with van der Waals surface area (Å²) in [5.41, 5.74) is 1.15. The summed E-state index contributed by atoms with van der Waals surface area (Å²) in [6.45, 7) is 0. The van der Waals surface area contributed by atoms with Crippen molar-refractivity contribution >= 4 is 11.7 Å². The molecule has 3 atom stereocenters. The average Bonchev–Trinajstić information content (AvgIpc) is 3.23. The lowest BCUT2D eigenvalue weighted by atomic mass is 9.86. The van der Waals surface area contributed by atoms with Crippen molar-refractivity contribution in [3.05, 3.63) is 46.0 Å². The lowest BCUT2D eigenvalue weighted by molar-refractivity contribution is 0.102. The maximum atomic E-state index is 12.1. The van der Waals surface area contributed by atoms with Crippen molar-refractivity contribution in [1.29, 1.82) is 0 Å². The number of hydrogen-bond acceptors (Lipinski definition) is 3. The van der Waals surface area contributed by atoms with E-state index < -0.39 is 0 Å². The summed E-state index contributed by atoms with van der Waals surface area (Å²) >= 11 is 0. The standard InChI is InChI=1S/C16H18N4O2/c21-11-3-4-17-14(7-11)16(22)18-15-8-13(19-20-15)12-6-9-1-2-10(12)5-9/h3-4,7-10,12H,1-2,5-6H2,(H,17,21)(H2,18,19,20,22). The molecule has 0 aliphatic heterocycles. The highest BCUT2D eigenvalue weighted by Gasteiger charge is 2.40. The van der Waals surface area contributed by atoms with Crippen LogP contribution >= 0.6 is 0 Å². The van der Waals surface area contributed by atoms with Crippen LogP contribution in [-0.4, -0.2) is 21.1 Å². The fourth-order valence-corrected chi connectivity index (χ4v) is 3.98. The molecule has 3 unspecified atom stereocenters. The van der Waals surface area contributed by atoms with Crippen LogP contribution in [0.4, 0.5) is 5.82 Å². The summed E-state index contributed by atoms with van der Waals surface area (Å²) < 4.78 is 0. The van der Waals surface area contributed by atoms with Gasteiger partial charge in [-0.25, -0.2) is 0 Å². The largest absolute Gasteiger partial charge is 0.357 e. The van der Waals surface area contributed by atoms with Gasteiger partial charge in [0.25, 0.3) is 5.91 Å². The van der Waals surface area contributed by atoms with Crippen LogP contribution in [0.15, 0.2) is 29.2 Å². The predicted molar refractivity (Wildman–Crippen MR) is 81.8 cm³/mol. The van der Waals surface area contributed by atoms with E-state index in [2.05, 4.69) is 20.5 Å². The van der Waals surface area contributed by atoms with Gasteiger partial charge in [-0.1, -0.05) is 6.42 Å². The zero-order chi connectivity index (χ0) is 15.1. The predicted octanol–water partition coefficient (Wildman–Crippen LogP) is 2.25. The minimum Gasteiger partial charge on any atom is -0.357 e. The zero-order valence-corrected chi connectivity index (χ0v) is 12.1. The molecule has 1 amide bonds. The van der Waals surface area contributed by atoms with Crippen molar-refractivity contribution in [1.82, 2.24) is 15.2 Å². The first-order chi connectivity index (χ1) is 10.7. The lowest BCUT2D eigenvalue weighted by Gasteiger charge is -2.19. The van der Waals surface area contributed by atoms with Gasteiger partial charge in [0.05, 0.1) is 0 Å². The molecule has 2 aromatic heterocycles. The van der Waals surface area contributed by atoms with Crippen LogP contribution in [0, 0.1) is 11.8 Å². The van der Waals surface area contributed by atoms with Crippen LogP contribution in [-0.2, 0) is 0 Å². The van der Waals surface area contributed by atoms with Gasteiger partial charge in [-0.15, -0.1) is 0 Å². The maximum absolute atomic E-state index is 12.1. The van der Waals surface area contributed by atoms with Gasteiger partial charge in [-0.3, -0.25) is 14.7 Å². The second kappa shape index (κ2) is 5.12. The molecule has 2 saturated carbocycles. The molecule has 6 heteroatoms. The van der Waals surface area contributed by atoms with Gasteiger partial charge in [0.1, 0.15) is 5.69 Å². The minimum atomic E-state index is -0.358. The molecule has 0 radical (unpaired) electrons. The zero-order valence-electron chi connectivity index (χ0n) is 12.1. The number of anilines is 1. The fraction of sp³-hybridized carbons (Fsp3) is 0.438. The molecule has 22 heavy (non-hydrogen) atoms. The summed E-state index contributed by atoms with van der Waals surface area (Å²) in [6, 6.07) is 4.57. The van der Waals surface area contributed by atoms with Crippen LogP contribution in [0.2, 0.25) is 0 Å². The number of fused-ring (bicyclic) bond motifs is 2. The van der Waals surface area contributed by atoms with Crippen molar-refractivity contribution in [3.8, 4) is 0 Å². The van der Waals surface area contributed by atoms with Gasteiger partial charge in [-0.05, 0) is 31.1 Å². The van der Waals surface area contributed by atoms with E-state index in [-0.39, 0.29) is 17.0 Å². The molecule has 0 aromatic carbocycles. The van der Waals surface area contributed by atoms with Gasteiger partial charge in [0, 0.05) is 36.0 Å². The summed E-state index contributed by atoms with van der Waals surface area (Å²) in [7, 11) is 0. The van der Waals surface area contributed by atoms with E-state index in [4.69, 9.17) is 0 Å². The molecule has 3 N–H and O–H groups in total. The highest BCUT2D eigenvalue weighted by atomic mass is 16.2. The molecular weight excluding hydrogens is 280 g/mol. The van der Waals surface area contributed by atoms with Gasteiger partial charge in [-0.2, -0.15) is 5.10 Å². The maximum Gasteiger partial charge on any atom is 0.273 e. The van der Waals surface area contributed by atoms with Crippen molar-refractivity contribution in [3.63, 3.8) is 0 Å². The number of amides is 1. The highest BCUT2D eigenvalue weighted by Crippen LogP contribution is 2.52.